The van der Waals surface area contributed by atoms with E-state index in [1.54, 1.807) is 0 Å². The molecule has 2 unspecified atom stereocenters. The summed E-state index contributed by atoms with van der Waals surface area (Å²) >= 11 is 0. The highest BCUT2D eigenvalue weighted by Crippen LogP contribution is 2.37. The summed E-state index contributed by atoms with van der Waals surface area (Å²) in [5, 5.41) is 7.24. The van der Waals surface area contributed by atoms with E-state index in [9.17, 15) is 0 Å². The van der Waals surface area contributed by atoms with Gasteiger partial charge in [0, 0.05) is 24.5 Å². The third-order valence-electron chi connectivity index (χ3n) is 4.21. The van der Waals surface area contributed by atoms with Crippen molar-refractivity contribution in [2.45, 2.75) is 25.3 Å². The van der Waals surface area contributed by atoms with E-state index in [-0.39, 0.29) is 0 Å². The Labute approximate surface area is 97.4 Å². The molecule has 2 saturated heterocycles. The largest absolute Gasteiger partial charge is 0.315 e. The molecule has 2 fully saturated rings. The minimum absolute atomic E-state index is 0.472. The summed E-state index contributed by atoms with van der Waals surface area (Å²) in [5.74, 6) is 0. The second kappa shape index (κ2) is 4.19. The molecule has 3 rings (SSSR count). The van der Waals surface area contributed by atoms with E-state index in [4.69, 9.17) is 0 Å². The number of benzene rings is 1. The fraction of sp³-hybridized carbons (Fsp3) is 0.571. The van der Waals surface area contributed by atoms with Gasteiger partial charge in [-0.25, -0.2) is 0 Å². The lowest BCUT2D eigenvalue weighted by Gasteiger charge is -2.39. The highest BCUT2D eigenvalue weighted by molar-refractivity contribution is 5.19. The van der Waals surface area contributed by atoms with Gasteiger partial charge in [0.2, 0.25) is 0 Å². The van der Waals surface area contributed by atoms with Crippen LogP contribution in [0.4, 0.5) is 0 Å². The van der Waals surface area contributed by atoms with E-state index in [0.29, 0.717) is 11.5 Å². The quantitative estimate of drug-likeness (QED) is 0.784. The predicted octanol–water partition coefficient (Wildman–Crippen LogP) is 1.57. The smallest absolute Gasteiger partial charge is 0.0264 e. The van der Waals surface area contributed by atoms with Crippen molar-refractivity contribution in [3.05, 3.63) is 35.9 Å². The van der Waals surface area contributed by atoms with Gasteiger partial charge in [0.15, 0.2) is 0 Å². The fourth-order valence-corrected chi connectivity index (χ4v) is 3.35. The molecule has 2 N–H and O–H groups in total. The molecule has 2 aliphatic rings. The average Bonchev–Trinajstić information content (AvgIpc) is 2.73. The predicted molar refractivity (Wildman–Crippen MR) is 66.5 cm³/mol. The summed E-state index contributed by atoms with van der Waals surface area (Å²) in [6.07, 6.45) is 3.91. The summed E-state index contributed by atoms with van der Waals surface area (Å²) in [6.45, 7) is 3.52. The second-order valence-corrected chi connectivity index (χ2v) is 5.27. The lowest BCUT2D eigenvalue weighted by molar-refractivity contribution is 0.185. The van der Waals surface area contributed by atoms with Crippen molar-refractivity contribution in [3.8, 4) is 0 Å². The first kappa shape index (κ1) is 10.3. The van der Waals surface area contributed by atoms with Crippen LogP contribution in [0.2, 0.25) is 0 Å². The Morgan fingerprint density at radius 3 is 3.00 bits per heavy atom. The van der Waals surface area contributed by atoms with Crippen LogP contribution in [0.5, 0.6) is 0 Å². The Hall–Kier alpha value is -0.860. The van der Waals surface area contributed by atoms with Crippen LogP contribution in [-0.4, -0.2) is 25.7 Å². The van der Waals surface area contributed by atoms with Gasteiger partial charge in [-0.1, -0.05) is 30.3 Å². The molecule has 0 amide bonds. The molecular weight excluding hydrogens is 196 g/mol. The van der Waals surface area contributed by atoms with Crippen LogP contribution in [0.1, 0.15) is 18.4 Å². The first-order valence-corrected chi connectivity index (χ1v) is 6.37. The highest BCUT2D eigenvalue weighted by Gasteiger charge is 2.43. The third kappa shape index (κ3) is 1.76. The SMILES string of the molecule is c1ccc(CC23CCCNC2CNC3)cc1. The van der Waals surface area contributed by atoms with Gasteiger partial charge < -0.3 is 10.6 Å². The molecule has 0 aromatic heterocycles. The van der Waals surface area contributed by atoms with Gasteiger partial charge in [-0.05, 0) is 31.4 Å². The molecule has 0 saturated carbocycles. The number of rotatable bonds is 2. The van der Waals surface area contributed by atoms with Crippen molar-refractivity contribution in [2.24, 2.45) is 5.41 Å². The maximum atomic E-state index is 3.68. The Morgan fingerprint density at radius 1 is 1.25 bits per heavy atom. The van der Waals surface area contributed by atoms with Crippen LogP contribution in [0.3, 0.4) is 0 Å². The Kier molecular flexibility index (Phi) is 2.70. The van der Waals surface area contributed by atoms with Gasteiger partial charge in [-0.3, -0.25) is 0 Å². The molecule has 2 heteroatoms. The summed E-state index contributed by atoms with van der Waals surface area (Å²) in [4.78, 5) is 0. The molecular formula is C14H20N2. The molecule has 0 spiro atoms. The number of hydrogen-bond acceptors (Lipinski definition) is 2. The van der Waals surface area contributed by atoms with Crippen molar-refractivity contribution >= 4 is 0 Å². The van der Waals surface area contributed by atoms with Crippen molar-refractivity contribution in [3.63, 3.8) is 0 Å². The van der Waals surface area contributed by atoms with E-state index in [1.807, 2.05) is 0 Å². The number of nitrogens with one attached hydrogen (secondary N) is 2. The van der Waals surface area contributed by atoms with E-state index >= 15 is 0 Å². The van der Waals surface area contributed by atoms with Gasteiger partial charge in [0.05, 0.1) is 0 Å². The van der Waals surface area contributed by atoms with Gasteiger partial charge in [-0.15, -0.1) is 0 Å². The van der Waals surface area contributed by atoms with E-state index in [1.165, 1.54) is 37.9 Å². The lowest BCUT2D eigenvalue weighted by atomic mass is 9.72. The highest BCUT2D eigenvalue weighted by atomic mass is 15.1. The molecule has 1 aromatic rings. The summed E-state index contributed by atoms with van der Waals surface area (Å²) < 4.78 is 0. The molecule has 2 heterocycles. The molecule has 2 aliphatic heterocycles. The third-order valence-corrected chi connectivity index (χ3v) is 4.21. The normalized spacial score (nSPS) is 33.6. The van der Waals surface area contributed by atoms with E-state index in [2.05, 4.69) is 41.0 Å². The molecule has 86 valence electrons. The lowest BCUT2D eigenvalue weighted by Crippen LogP contribution is -2.50. The van der Waals surface area contributed by atoms with Crippen LogP contribution in [-0.2, 0) is 6.42 Å². The zero-order chi connectivity index (χ0) is 10.8. The maximum Gasteiger partial charge on any atom is 0.0264 e. The van der Waals surface area contributed by atoms with Gasteiger partial charge in [0.25, 0.3) is 0 Å². The summed E-state index contributed by atoms with van der Waals surface area (Å²) in [7, 11) is 0. The second-order valence-electron chi connectivity index (χ2n) is 5.27. The van der Waals surface area contributed by atoms with Gasteiger partial charge in [0.1, 0.15) is 0 Å². The molecule has 2 atom stereocenters. The van der Waals surface area contributed by atoms with Gasteiger partial charge in [-0.2, -0.15) is 0 Å². The molecule has 1 aromatic carbocycles. The molecule has 2 nitrogen and oxygen atoms in total. The number of fused-ring (bicyclic) bond motifs is 1. The Balaban J connectivity index is 1.81. The van der Waals surface area contributed by atoms with E-state index < -0.39 is 0 Å². The van der Waals surface area contributed by atoms with Crippen molar-refractivity contribution < 1.29 is 0 Å². The van der Waals surface area contributed by atoms with Crippen molar-refractivity contribution in [1.82, 2.24) is 10.6 Å². The summed E-state index contributed by atoms with van der Waals surface area (Å²) in [6, 6.07) is 11.6. The number of piperidine rings is 1. The van der Waals surface area contributed by atoms with Crippen LogP contribution in [0.15, 0.2) is 30.3 Å². The zero-order valence-electron chi connectivity index (χ0n) is 9.71. The Bertz CT molecular complexity index is 349. The molecule has 0 aliphatic carbocycles. The van der Waals surface area contributed by atoms with Gasteiger partial charge >= 0.3 is 0 Å². The Morgan fingerprint density at radius 2 is 2.12 bits per heavy atom. The molecule has 0 radical (unpaired) electrons. The van der Waals surface area contributed by atoms with Crippen LogP contribution >= 0.6 is 0 Å². The topological polar surface area (TPSA) is 24.1 Å². The standard InChI is InChI=1S/C14H20N2/c1-2-5-12(6-3-1)9-14-7-4-8-16-13(14)10-15-11-14/h1-3,5-6,13,15-16H,4,7-11H2. The first-order valence-electron chi connectivity index (χ1n) is 6.37. The van der Waals surface area contributed by atoms with Crippen molar-refractivity contribution in [1.29, 1.82) is 0 Å². The minimum atomic E-state index is 0.472. The maximum absolute atomic E-state index is 3.68. The van der Waals surface area contributed by atoms with E-state index in [0.717, 1.165) is 6.54 Å². The molecule has 16 heavy (non-hydrogen) atoms. The summed E-state index contributed by atoms with van der Waals surface area (Å²) in [5.41, 5.74) is 1.96. The van der Waals surface area contributed by atoms with Crippen molar-refractivity contribution in [2.75, 3.05) is 19.6 Å². The number of hydrogen-bond donors (Lipinski definition) is 2. The average molecular weight is 216 g/mol. The minimum Gasteiger partial charge on any atom is -0.315 e. The monoisotopic (exact) mass is 216 g/mol. The van der Waals surface area contributed by atoms with Crippen LogP contribution in [0, 0.1) is 5.41 Å². The molecule has 0 bridgehead atoms. The zero-order valence-corrected chi connectivity index (χ0v) is 9.71. The fourth-order valence-electron chi connectivity index (χ4n) is 3.35. The van der Waals surface area contributed by atoms with Crippen LogP contribution < -0.4 is 10.6 Å². The van der Waals surface area contributed by atoms with Crippen LogP contribution in [0.25, 0.3) is 0 Å². The first-order chi connectivity index (χ1) is 7.89.